The molecule has 4 rings (SSSR count). The molecular weight excluding hydrogens is 358 g/mol. The van der Waals surface area contributed by atoms with Crippen LogP contribution >= 0.6 is 0 Å². The summed E-state index contributed by atoms with van der Waals surface area (Å²) in [6.07, 6.45) is 0.0672. The van der Waals surface area contributed by atoms with E-state index in [9.17, 15) is 18.4 Å². The van der Waals surface area contributed by atoms with Crippen LogP contribution in [-0.4, -0.2) is 25.2 Å². The molecule has 2 aromatic rings. The van der Waals surface area contributed by atoms with Crippen LogP contribution in [0.15, 0.2) is 36.4 Å². The van der Waals surface area contributed by atoms with Crippen LogP contribution in [0.5, 0.6) is 11.5 Å². The molecule has 0 spiro atoms. The van der Waals surface area contributed by atoms with E-state index < -0.39 is 17.6 Å². The summed E-state index contributed by atoms with van der Waals surface area (Å²) < 4.78 is 37.0. The van der Waals surface area contributed by atoms with Crippen LogP contribution < -0.4 is 19.7 Å². The number of anilines is 1. The molecule has 8 heteroatoms. The zero-order chi connectivity index (χ0) is 19.0. The van der Waals surface area contributed by atoms with Gasteiger partial charge in [-0.2, -0.15) is 0 Å². The average molecular weight is 374 g/mol. The predicted molar refractivity (Wildman–Crippen MR) is 91.2 cm³/mol. The molecule has 27 heavy (non-hydrogen) atoms. The predicted octanol–water partition coefficient (Wildman–Crippen LogP) is 2.36. The lowest BCUT2D eigenvalue weighted by Crippen LogP contribution is -2.32. The van der Waals surface area contributed by atoms with Gasteiger partial charge in [0, 0.05) is 37.3 Å². The van der Waals surface area contributed by atoms with Crippen molar-refractivity contribution in [1.29, 1.82) is 0 Å². The van der Waals surface area contributed by atoms with Crippen LogP contribution in [0.25, 0.3) is 0 Å². The van der Waals surface area contributed by atoms with Crippen molar-refractivity contribution in [2.75, 3.05) is 18.2 Å². The fourth-order valence-corrected chi connectivity index (χ4v) is 3.23. The molecule has 6 nitrogen and oxygen atoms in total. The van der Waals surface area contributed by atoms with Crippen LogP contribution in [0, 0.1) is 17.6 Å². The minimum absolute atomic E-state index is 0.0117. The van der Waals surface area contributed by atoms with Crippen LogP contribution in [-0.2, 0) is 16.1 Å². The van der Waals surface area contributed by atoms with E-state index in [-0.39, 0.29) is 38.1 Å². The van der Waals surface area contributed by atoms with Crippen molar-refractivity contribution < 1.29 is 27.8 Å². The first kappa shape index (κ1) is 17.3. The first-order valence-electron chi connectivity index (χ1n) is 8.42. The quantitative estimate of drug-likeness (QED) is 0.892. The Morgan fingerprint density at radius 3 is 2.63 bits per heavy atom. The number of carbonyl (C=O) groups is 2. The first-order valence-corrected chi connectivity index (χ1v) is 8.42. The number of nitrogens with zero attached hydrogens (tertiary/aromatic N) is 1. The van der Waals surface area contributed by atoms with Crippen molar-refractivity contribution >= 4 is 17.5 Å². The average Bonchev–Trinajstić information content (AvgIpc) is 3.24. The van der Waals surface area contributed by atoms with Crippen LogP contribution in [0.2, 0.25) is 0 Å². The van der Waals surface area contributed by atoms with Gasteiger partial charge in [0.1, 0.15) is 11.6 Å². The number of benzene rings is 2. The van der Waals surface area contributed by atoms with Crippen LogP contribution in [0.1, 0.15) is 12.0 Å². The van der Waals surface area contributed by atoms with E-state index in [1.165, 1.54) is 4.90 Å². The topological polar surface area (TPSA) is 67.9 Å². The molecular formula is C19H16F2N2O4. The van der Waals surface area contributed by atoms with Crippen LogP contribution in [0.4, 0.5) is 14.5 Å². The second-order valence-electron chi connectivity index (χ2n) is 6.44. The number of carbonyl (C=O) groups excluding carboxylic acids is 2. The SMILES string of the molecule is O=C(NCc1cc(F)cc(F)c1)C1CC(=O)N(c2ccc3c(c2)OCO3)C1. The lowest BCUT2D eigenvalue weighted by atomic mass is 10.1. The third-order valence-electron chi connectivity index (χ3n) is 4.55. The fraction of sp³-hybridized carbons (Fsp3) is 0.263. The maximum Gasteiger partial charge on any atom is 0.231 e. The highest BCUT2D eigenvalue weighted by molar-refractivity contribution is 6.00. The zero-order valence-corrected chi connectivity index (χ0v) is 14.2. The normalized spacial score (nSPS) is 18.1. The molecule has 2 amide bonds. The van der Waals surface area contributed by atoms with E-state index in [4.69, 9.17) is 9.47 Å². The van der Waals surface area contributed by atoms with E-state index in [0.717, 1.165) is 18.2 Å². The summed E-state index contributed by atoms with van der Waals surface area (Å²) >= 11 is 0. The molecule has 1 unspecified atom stereocenters. The third kappa shape index (κ3) is 3.55. The number of amides is 2. The summed E-state index contributed by atoms with van der Waals surface area (Å²) in [6.45, 7) is 0.350. The Kier molecular flexibility index (Phi) is 4.39. The van der Waals surface area contributed by atoms with Crippen molar-refractivity contribution in [2.24, 2.45) is 5.92 Å². The molecule has 2 heterocycles. The Morgan fingerprint density at radius 2 is 1.85 bits per heavy atom. The molecule has 1 saturated heterocycles. The van der Waals surface area contributed by atoms with E-state index in [1.54, 1.807) is 18.2 Å². The second kappa shape index (κ2) is 6.86. The van der Waals surface area contributed by atoms with E-state index >= 15 is 0 Å². The Balaban J connectivity index is 1.40. The molecule has 0 radical (unpaired) electrons. The summed E-state index contributed by atoms with van der Waals surface area (Å²) in [5, 5.41) is 2.63. The second-order valence-corrected chi connectivity index (χ2v) is 6.44. The van der Waals surface area contributed by atoms with Gasteiger partial charge in [-0.25, -0.2) is 8.78 Å². The molecule has 2 aromatic carbocycles. The molecule has 140 valence electrons. The maximum atomic E-state index is 13.2. The highest BCUT2D eigenvalue weighted by Gasteiger charge is 2.35. The minimum atomic E-state index is -0.704. The smallest absolute Gasteiger partial charge is 0.231 e. The molecule has 0 bridgehead atoms. The van der Waals surface area contributed by atoms with Gasteiger partial charge in [0.05, 0.1) is 5.92 Å². The van der Waals surface area contributed by atoms with Gasteiger partial charge >= 0.3 is 0 Å². The molecule has 1 atom stereocenters. The number of fused-ring (bicyclic) bond motifs is 1. The monoisotopic (exact) mass is 374 g/mol. The highest BCUT2D eigenvalue weighted by Crippen LogP contribution is 2.37. The van der Waals surface area contributed by atoms with E-state index in [2.05, 4.69) is 5.32 Å². The molecule has 0 aromatic heterocycles. The van der Waals surface area contributed by atoms with Gasteiger partial charge < -0.3 is 19.7 Å². The standard InChI is InChI=1S/C19H16F2N2O4/c20-13-3-11(4-14(21)6-13)8-22-19(25)12-5-18(24)23(9-12)15-1-2-16-17(7-15)27-10-26-16/h1-4,6-7,12H,5,8-10H2,(H,22,25). The van der Waals surface area contributed by atoms with Gasteiger partial charge in [-0.05, 0) is 29.8 Å². The largest absolute Gasteiger partial charge is 0.454 e. The number of hydrogen-bond acceptors (Lipinski definition) is 4. The number of nitrogens with one attached hydrogen (secondary N) is 1. The van der Waals surface area contributed by atoms with E-state index in [0.29, 0.717) is 22.7 Å². The van der Waals surface area contributed by atoms with Gasteiger partial charge in [0.2, 0.25) is 18.6 Å². The maximum absolute atomic E-state index is 13.2. The van der Waals surface area contributed by atoms with Crippen molar-refractivity contribution in [3.8, 4) is 11.5 Å². The molecule has 2 aliphatic rings. The van der Waals surface area contributed by atoms with E-state index in [1.807, 2.05) is 0 Å². The van der Waals surface area contributed by atoms with Crippen molar-refractivity contribution in [3.63, 3.8) is 0 Å². The van der Waals surface area contributed by atoms with Gasteiger partial charge in [0.25, 0.3) is 0 Å². The highest BCUT2D eigenvalue weighted by atomic mass is 19.1. The number of ether oxygens (including phenoxy) is 2. The Hall–Kier alpha value is -3.16. The summed E-state index contributed by atoms with van der Waals surface area (Å²) in [4.78, 5) is 26.2. The van der Waals surface area contributed by atoms with Crippen molar-refractivity contribution in [1.82, 2.24) is 5.32 Å². The first-order chi connectivity index (χ1) is 13.0. The summed E-state index contributed by atoms with van der Waals surface area (Å²) in [6, 6.07) is 8.24. The van der Waals surface area contributed by atoms with Crippen molar-refractivity contribution in [3.05, 3.63) is 53.6 Å². The van der Waals surface area contributed by atoms with Gasteiger partial charge in [0.15, 0.2) is 11.5 Å². The molecule has 0 saturated carbocycles. The summed E-state index contributed by atoms with van der Waals surface area (Å²) in [5.74, 6) is -1.29. The molecule has 1 N–H and O–H groups in total. The molecule has 1 fully saturated rings. The molecule has 2 aliphatic heterocycles. The summed E-state index contributed by atoms with van der Waals surface area (Å²) in [5.41, 5.74) is 0.949. The number of halogens is 2. The summed E-state index contributed by atoms with van der Waals surface area (Å²) in [7, 11) is 0. The Morgan fingerprint density at radius 1 is 1.11 bits per heavy atom. The van der Waals surface area contributed by atoms with Crippen molar-refractivity contribution in [2.45, 2.75) is 13.0 Å². The fourth-order valence-electron chi connectivity index (χ4n) is 3.23. The Bertz CT molecular complexity index is 898. The van der Waals surface area contributed by atoms with Gasteiger partial charge in [-0.15, -0.1) is 0 Å². The molecule has 0 aliphatic carbocycles. The van der Waals surface area contributed by atoms with Crippen LogP contribution in [0.3, 0.4) is 0 Å². The zero-order valence-electron chi connectivity index (χ0n) is 14.2. The minimum Gasteiger partial charge on any atom is -0.454 e. The number of rotatable bonds is 4. The third-order valence-corrected chi connectivity index (χ3v) is 4.55. The lowest BCUT2D eigenvalue weighted by molar-refractivity contribution is -0.126. The lowest BCUT2D eigenvalue weighted by Gasteiger charge is -2.17. The van der Waals surface area contributed by atoms with Gasteiger partial charge in [-0.3, -0.25) is 9.59 Å². The van der Waals surface area contributed by atoms with Gasteiger partial charge in [-0.1, -0.05) is 0 Å². The Labute approximate surface area is 153 Å². The number of hydrogen-bond donors (Lipinski definition) is 1.